The first-order valence-corrected chi connectivity index (χ1v) is 8.49. The molecule has 1 atom stereocenters. The van der Waals surface area contributed by atoms with Gasteiger partial charge in [-0.3, -0.25) is 0 Å². The molecule has 1 unspecified atom stereocenters. The van der Waals surface area contributed by atoms with E-state index in [2.05, 4.69) is 31.3 Å². The standard InChI is InChI=1S/C18H28ClN/c1-14(2)12-20-13-17(11-15-5-3-4-6-15)16-7-9-18(19)10-8-16/h7-10,14-15,17,20H,3-6,11-13H2,1-2H3. The highest BCUT2D eigenvalue weighted by Gasteiger charge is 2.21. The van der Waals surface area contributed by atoms with Gasteiger partial charge in [-0.05, 0) is 48.4 Å². The molecule has 1 aromatic rings. The van der Waals surface area contributed by atoms with Gasteiger partial charge in [-0.25, -0.2) is 0 Å². The molecule has 0 spiro atoms. The molecule has 0 aliphatic heterocycles. The highest BCUT2D eigenvalue weighted by Crippen LogP contribution is 2.34. The van der Waals surface area contributed by atoms with Crippen LogP contribution in [0, 0.1) is 11.8 Å². The second-order valence-corrected chi connectivity index (χ2v) is 7.12. The predicted octanol–water partition coefficient (Wildman–Crippen LogP) is 5.25. The zero-order valence-corrected chi connectivity index (χ0v) is 13.6. The predicted molar refractivity (Wildman–Crippen MR) is 88.5 cm³/mol. The van der Waals surface area contributed by atoms with Crippen LogP contribution in [-0.4, -0.2) is 13.1 Å². The van der Waals surface area contributed by atoms with Gasteiger partial charge in [0.1, 0.15) is 0 Å². The first-order valence-electron chi connectivity index (χ1n) is 8.11. The number of halogens is 1. The van der Waals surface area contributed by atoms with Crippen molar-refractivity contribution in [2.45, 2.75) is 51.9 Å². The van der Waals surface area contributed by atoms with Crippen LogP contribution in [0.25, 0.3) is 0 Å². The molecule has 1 aliphatic carbocycles. The lowest BCUT2D eigenvalue weighted by atomic mass is 9.88. The minimum atomic E-state index is 0.633. The molecule has 1 fully saturated rings. The van der Waals surface area contributed by atoms with Crippen molar-refractivity contribution in [3.8, 4) is 0 Å². The van der Waals surface area contributed by atoms with E-state index < -0.39 is 0 Å². The Balaban J connectivity index is 1.96. The Morgan fingerprint density at radius 3 is 2.35 bits per heavy atom. The van der Waals surface area contributed by atoms with Gasteiger partial charge >= 0.3 is 0 Å². The molecular formula is C18H28ClN. The highest BCUT2D eigenvalue weighted by molar-refractivity contribution is 6.30. The third-order valence-electron chi connectivity index (χ3n) is 4.38. The van der Waals surface area contributed by atoms with Gasteiger partial charge in [0.15, 0.2) is 0 Å². The fourth-order valence-electron chi connectivity index (χ4n) is 3.27. The lowest BCUT2D eigenvalue weighted by Crippen LogP contribution is -2.26. The van der Waals surface area contributed by atoms with Crippen LogP contribution in [0.2, 0.25) is 5.02 Å². The van der Waals surface area contributed by atoms with Crippen molar-refractivity contribution in [3.63, 3.8) is 0 Å². The quantitative estimate of drug-likeness (QED) is 0.724. The van der Waals surface area contributed by atoms with Crippen molar-refractivity contribution in [1.82, 2.24) is 5.32 Å². The maximum atomic E-state index is 6.02. The minimum Gasteiger partial charge on any atom is -0.316 e. The summed E-state index contributed by atoms with van der Waals surface area (Å²) in [6.45, 7) is 6.73. The van der Waals surface area contributed by atoms with Crippen LogP contribution in [-0.2, 0) is 0 Å². The van der Waals surface area contributed by atoms with E-state index in [-0.39, 0.29) is 0 Å². The Morgan fingerprint density at radius 1 is 1.10 bits per heavy atom. The van der Waals surface area contributed by atoms with Gasteiger partial charge in [-0.15, -0.1) is 0 Å². The summed E-state index contributed by atoms with van der Waals surface area (Å²) >= 11 is 6.02. The average molecular weight is 294 g/mol. The summed E-state index contributed by atoms with van der Waals surface area (Å²) in [4.78, 5) is 0. The molecule has 2 rings (SSSR count). The Kier molecular flexibility index (Phi) is 6.38. The van der Waals surface area contributed by atoms with Gasteiger partial charge in [-0.1, -0.05) is 63.3 Å². The summed E-state index contributed by atoms with van der Waals surface area (Å²) in [6.07, 6.45) is 7.03. The van der Waals surface area contributed by atoms with E-state index in [1.807, 2.05) is 12.1 Å². The van der Waals surface area contributed by atoms with E-state index in [0.717, 1.165) is 24.0 Å². The first-order chi connectivity index (χ1) is 9.65. The van der Waals surface area contributed by atoms with E-state index in [0.29, 0.717) is 11.8 Å². The van der Waals surface area contributed by atoms with E-state index in [9.17, 15) is 0 Å². The van der Waals surface area contributed by atoms with Gasteiger partial charge in [0, 0.05) is 11.6 Å². The molecule has 1 aliphatic rings. The second-order valence-electron chi connectivity index (χ2n) is 6.69. The van der Waals surface area contributed by atoms with Crippen LogP contribution in [0.3, 0.4) is 0 Å². The van der Waals surface area contributed by atoms with Crippen LogP contribution < -0.4 is 5.32 Å². The summed E-state index contributed by atoms with van der Waals surface area (Å²) in [5.41, 5.74) is 1.44. The summed E-state index contributed by atoms with van der Waals surface area (Å²) in [6, 6.07) is 8.47. The zero-order valence-electron chi connectivity index (χ0n) is 12.9. The molecule has 1 nitrogen and oxygen atoms in total. The Labute approximate surface area is 129 Å². The van der Waals surface area contributed by atoms with Crippen molar-refractivity contribution in [3.05, 3.63) is 34.9 Å². The topological polar surface area (TPSA) is 12.0 Å². The van der Waals surface area contributed by atoms with Crippen molar-refractivity contribution < 1.29 is 0 Å². The lowest BCUT2D eigenvalue weighted by Gasteiger charge is -2.22. The summed E-state index contributed by atoms with van der Waals surface area (Å²) in [5, 5.41) is 4.48. The fourth-order valence-corrected chi connectivity index (χ4v) is 3.39. The third kappa shape index (κ3) is 5.10. The molecule has 1 saturated carbocycles. The SMILES string of the molecule is CC(C)CNCC(CC1CCCC1)c1ccc(Cl)cc1. The fraction of sp³-hybridized carbons (Fsp3) is 0.667. The minimum absolute atomic E-state index is 0.633. The van der Waals surface area contributed by atoms with E-state index in [1.54, 1.807) is 0 Å². The van der Waals surface area contributed by atoms with Gasteiger partial charge in [0.2, 0.25) is 0 Å². The van der Waals surface area contributed by atoms with E-state index >= 15 is 0 Å². The van der Waals surface area contributed by atoms with E-state index in [4.69, 9.17) is 11.6 Å². The van der Waals surface area contributed by atoms with Crippen LogP contribution in [0.5, 0.6) is 0 Å². The van der Waals surface area contributed by atoms with Crippen molar-refractivity contribution in [2.75, 3.05) is 13.1 Å². The zero-order chi connectivity index (χ0) is 14.4. The Hall–Kier alpha value is -0.530. The maximum absolute atomic E-state index is 6.02. The van der Waals surface area contributed by atoms with Crippen LogP contribution >= 0.6 is 11.6 Å². The Bertz CT molecular complexity index is 379. The highest BCUT2D eigenvalue weighted by atomic mass is 35.5. The number of benzene rings is 1. The average Bonchev–Trinajstić information content (AvgIpc) is 2.91. The molecule has 20 heavy (non-hydrogen) atoms. The maximum Gasteiger partial charge on any atom is 0.0406 e. The number of rotatable bonds is 7. The Morgan fingerprint density at radius 2 is 1.75 bits per heavy atom. The van der Waals surface area contributed by atoms with Crippen LogP contribution in [0.15, 0.2) is 24.3 Å². The van der Waals surface area contributed by atoms with Crippen LogP contribution in [0.1, 0.15) is 57.4 Å². The summed E-state index contributed by atoms with van der Waals surface area (Å²) in [5.74, 6) is 2.28. The second kappa shape index (κ2) is 8.05. The molecule has 2 heteroatoms. The molecule has 0 saturated heterocycles. The molecule has 1 aromatic carbocycles. The van der Waals surface area contributed by atoms with Gasteiger partial charge in [-0.2, -0.15) is 0 Å². The normalized spacial score (nSPS) is 17.8. The lowest BCUT2D eigenvalue weighted by molar-refractivity contribution is 0.418. The molecule has 112 valence electrons. The molecule has 1 N–H and O–H groups in total. The van der Waals surface area contributed by atoms with Crippen LogP contribution in [0.4, 0.5) is 0 Å². The van der Waals surface area contributed by atoms with Gasteiger partial charge < -0.3 is 5.32 Å². The monoisotopic (exact) mass is 293 g/mol. The van der Waals surface area contributed by atoms with E-state index in [1.165, 1.54) is 37.7 Å². The largest absolute Gasteiger partial charge is 0.316 e. The number of hydrogen-bond donors (Lipinski definition) is 1. The molecule has 0 heterocycles. The molecular weight excluding hydrogens is 266 g/mol. The smallest absolute Gasteiger partial charge is 0.0406 e. The summed E-state index contributed by atoms with van der Waals surface area (Å²) in [7, 11) is 0. The van der Waals surface area contributed by atoms with Crippen molar-refractivity contribution in [2.24, 2.45) is 11.8 Å². The van der Waals surface area contributed by atoms with Crippen molar-refractivity contribution in [1.29, 1.82) is 0 Å². The summed E-state index contributed by atoms with van der Waals surface area (Å²) < 4.78 is 0. The molecule has 0 bridgehead atoms. The third-order valence-corrected chi connectivity index (χ3v) is 4.63. The first kappa shape index (κ1) is 15.9. The molecule has 0 radical (unpaired) electrons. The van der Waals surface area contributed by atoms with Gasteiger partial charge in [0.25, 0.3) is 0 Å². The van der Waals surface area contributed by atoms with Crippen molar-refractivity contribution >= 4 is 11.6 Å². The number of nitrogens with one attached hydrogen (secondary N) is 1. The number of hydrogen-bond acceptors (Lipinski definition) is 1. The van der Waals surface area contributed by atoms with Gasteiger partial charge in [0.05, 0.1) is 0 Å². The molecule has 0 aromatic heterocycles. The molecule has 0 amide bonds.